The minimum Gasteiger partial charge on any atom is -0.349 e. The summed E-state index contributed by atoms with van der Waals surface area (Å²) < 4.78 is 23.6. The monoisotopic (exact) mass is 262 g/mol. The van der Waals surface area contributed by atoms with Gasteiger partial charge >= 0.3 is 0 Å². The third-order valence-electron chi connectivity index (χ3n) is 3.53. The molecule has 17 heavy (non-hydrogen) atoms. The van der Waals surface area contributed by atoms with Crippen LogP contribution in [-0.4, -0.2) is 37.4 Å². The Hall–Kier alpha value is -0.620. The standard InChI is InChI=1S/C11H22N2O3S/c1-3-11(2,8-12)13-10(14)9-6-4-5-7-17(9,15)16/h9H,3-8,12H2,1-2H3,(H,13,14). The summed E-state index contributed by atoms with van der Waals surface area (Å²) in [5, 5.41) is 1.89. The largest absolute Gasteiger partial charge is 0.349 e. The average Bonchev–Trinajstić information content (AvgIpc) is 2.28. The fourth-order valence-electron chi connectivity index (χ4n) is 1.91. The number of carbonyl (C=O) groups is 1. The number of hydrogen-bond acceptors (Lipinski definition) is 4. The molecule has 0 aromatic rings. The Morgan fingerprint density at radius 1 is 1.47 bits per heavy atom. The average molecular weight is 262 g/mol. The van der Waals surface area contributed by atoms with E-state index in [0.717, 1.165) is 6.42 Å². The molecule has 2 unspecified atom stereocenters. The summed E-state index contributed by atoms with van der Waals surface area (Å²) in [4.78, 5) is 12.0. The van der Waals surface area contributed by atoms with Crippen LogP contribution in [0.15, 0.2) is 0 Å². The number of sulfone groups is 1. The number of rotatable bonds is 4. The van der Waals surface area contributed by atoms with Crippen LogP contribution in [-0.2, 0) is 14.6 Å². The van der Waals surface area contributed by atoms with Gasteiger partial charge in [0.25, 0.3) is 0 Å². The van der Waals surface area contributed by atoms with Crippen LogP contribution in [0.2, 0.25) is 0 Å². The Labute approximate surface area is 103 Å². The normalized spacial score (nSPS) is 27.1. The maximum Gasteiger partial charge on any atom is 0.238 e. The first kappa shape index (κ1) is 14.4. The highest BCUT2D eigenvalue weighted by atomic mass is 32.2. The highest BCUT2D eigenvalue weighted by Crippen LogP contribution is 2.20. The molecule has 1 rings (SSSR count). The Morgan fingerprint density at radius 3 is 2.59 bits per heavy atom. The Morgan fingerprint density at radius 2 is 2.12 bits per heavy atom. The smallest absolute Gasteiger partial charge is 0.238 e. The van der Waals surface area contributed by atoms with Crippen molar-refractivity contribution in [3.8, 4) is 0 Å². The lowest BCUT2D eigenvalue weighted by molar-refractivity contribution is -0.122. The van der Waals surface area contributed by atoms with E-state index in [0.29, 0.717) is 25.8 Å². The summed E-state index contributed by atoms with van der Waals surface area (Å²) in [5.74, 6) is -0.268. The molecule has 1 heterocycles. The number of hydrogen-bond donors (Lipinski definition) is 2. The Bertz CT molecular complexity index is 374. The minimum atomic E-state index is -3.26. The van der Waals surface area contributed by atoms with Gasteiger partial charge in [0.05, 0.1) is 5.75 Å². The zero-order valence-electron chi connectivity index (χ0n) is 10.5. The molecule has 6 heteroatoms. The van der Waals surface area contributed by atoms with Crippen molar-refractivity contribution in [2.24, 2.45) is 5.73 Å². The third-order valence-corrected chi connectivity index (χ3v) is 5.70. The SMILES string of the molecule is CCC(C)(CN)NC(=O)C1CCCCS1(=O)=O. The molecule has 1 saturated heterocycles. The Kier molecular flexibility index (Phi) is 4.55. The zero-order chi connectivity index (χ0) is 13.1. The van der Waals surface area contributed by atoms with Gasteiger partial charge < -0.3 is 11.1 Å². The molecule has 0 aliphatic carbocycles. The van der Waals surface area contributed by atoms with E-state index in [2.05, 4.69) is 5.32 Å². The van der Waals surface area contributed by atoms with Gasteiger partial charge in [-0.25, -0.2) is 8.42 Å². The van der Waals surface area contributed by atoms with E-state index in [4.69, 9.17) is 5.73 Å². The lowest BCUT2D eigenvalue weighted by Crippen LogP contribution is -2.55. The van der Waals surface area contributed by atoms with Gasteiger partial charge in [-0.2, -0.15) is 0 Å². The van der Waals surface area contributed by atoms with E-state index in [1.165, 1.54) is 0 Å². The first-order valence-corrected chi connectivity index (χ1v) is 7.80. The molecule has 0 aromatic heterocycles. The molecular formula is C11H22N2O3S. The molecule has 5 nitrogen and oxygen atoms in total. The van der Waals surface area contributed by atoms with Gasteiger partial charge in [0.2, 0.25) is 5.91 Å². The first-order chi connectivity index (χ1) is 7.84. The van der Waals surface area contributed by atoms with E-state index in [1.807, 2.05) is 13.8 Å². The van der Waals surface area contributed by atoms with Gasteiger partial charge in [-0.05, 0) is 26.2 Å². The zero-order valence-corrected chi connectivity index (χ0v) is 11.3. The first-order valence-electron chi connectivity index (χ1n) is 6.08. The van der Waals surface area contributed by atoms with E-state index in [-0.39, 0.29) is 11.7 Å². The fraction of sp³-hybridized carbons (Fsp3) is 0.909. The van der Waals surface area contributed by atoms with Gasteiger partial charge in [0, 0.05) is 12.1 Å². The lowest BCUT2D eigenvalue weighted by atomic mass is 9.98. The van der Waals surface area contributed by atoms with Crippen molar-refractivity contribution in [1.29, 1.82) is 0 Å². The summed E-state index contributed by atoms with van der Waals surface area (Å²) >= 11 is 0. The van der Waals surface area contributed by atoms with Gasteiger partial charge in [-0.15, -0.1) is 0 Å². The summed E-state index contributed by atoms with van der Waals surface area (Å²) in [7, 11) is -3.26. The van der Waals surface area contributed by atoms with Gasteiger partial charge in [-0.1, -0.05) is 13.3 Å². The maximum atomic E-state index is 12.0. The topological polar surface area (TPSA) is 89.3 Å². The number of nitrogens with two attached hydrogens (primary N) is 1. The molecule has 0 bridgehead atoms. The maximum absolute atomic E-state index is 12.0. The molecule has 100 valence electrons. The van der Waals surface area contributed by atoms with Gasteiger partial charge in [0.1, 0.15) is 5.25 Å². The number of nitrogens with one attached hydrogen (secondary N) is 1. The minimum absolute atomic E-state index is 0.122. The van der Waals surface area contributed by atoms with Crippen LogP contribution in [0.4, 0.5) is 0 Å². The highest BCUT2D eigenvalue weighted by molar-refractivity contribution is 7.92. The predicted octanol–water partition coefficient (Wildman–Crippen LogP) is 0.197. The van der Waals surface area contributed by atoms with Crippen molar-refractivity contribution in [2.75, 3.05) is 12.3 Å². The van der Waals surface area contributed by atoms with Crippen molar-refractivity contribution in [1.82, 2.24) is 5.32 Å². The van der Waals surface area contributed by atoms with Crippen molar-refractivity contribution < 1.29 is 13.2 Å². The molecule has 0 radical (unpaired) electrons. The van der Waals surface area contributed by atoms with Crippen LogP contribution in [0, 0.1) is 0 Å². The molecule has 1 aliphatic heterocycles. The van der Waals surface area contributed by atoms with Gasteiger partial charge in [0.15, 0.2) is 9.84 Å². The van der Waals surface area contributed by atoms with Crippen LogP contribution in [0.3, 0.4) is 0 Å². The second-order valence-electron chi connectivity index (χ2n) is 4.96. The fourth-order valence-corrected chi connectivity index (χ4v) is 3.71. The van der Waals surface area contributed by atoms with Crippen molar-refractivity contribution >= 4 is 15.7 Å². The second kappa shape index (κ2) is 5.35. The van der Waals surface area contributed by atoms with Crippen LogP contribution < -0.4 is 11.1 Å². The molecule has 0 spiro atoms. The van der Waals surface area contributed by atoms with Crippen molar-refractivity contribution in [3.63, 3.8) is 0 Å². The quantitative estimate of drug-likeness (QED) is 0.757. The third kappa shape index (κ3) is 3.42. The second-order valence-corrected chi connectivity index (χ2v) is 7.26. The summed E-state index contributed by atoms with van der Waals surface area (Å²) in [6.07, 6.45) is 2.57. The summed E-state index contributed by atoms with van der Waals surface area (Å²) in [5.41, 5.74) is 5.09. The van der Waals surface area contributed by atoms with Crippen LogP contribution in [0.25, 0.3) is 0 Å². The van der Waals surface area contributed by atoms with Crippen LogP contribution in [0.5, 0.6) is 0 Å². The van der Waals surface area contributed by atoms with Crippen molar-refractivity contribution in [3.05, 3.63) is 0 Å². The van der Waals surface area contributed by atoms with Gasteiger partial charge in [-0.3, -0.25) is 4.79 Å². The highest BCUT2D eigenvalue weighted by Gasteiger charge is 2.37. The van der Waals surface area contributed by atoms with E-state index in [9.17, 15) is 13.2 Å². The molecule has 2 atom stereocenters. The molecule has 1 fully saturated rings. The van der Waals surface area contributed by atoms with E-state index < -0.39 is 20.6 Å². The van der Waals surface area contributed by atoms with E-state index in [1.54, 1.807) is 0 Å². The van der Waals surface area contributed by atoms with Crippen LogP contribution >= 0.6 is 0 Å². The molecule has 0 aromatic carbocycles. The van der Waals surface area contributed by atoms with Crippen LogP contribution in [0.1, 0.15) is 39.5 Å². The molecule has 0 saturated carbocycles. The lowest BCUT2D eigenvalue weighted by Gasteiger charge is -2.31. The summed E-state index contributed by atoms with van der Waals surface area (Å²) in [6.45, 7) is 4.06. The number of carbonyl (C=O) groups excluding carboxylic acids is 1. The molecule has 1 aliphatic rings. The number of amides is 1. The predicted molar refractivity (Wildman–Crippen MR) is 67.3 cm³/mol. The van der Waals surface area contributed by atoms with Crippen molar-refractivity contribution in [2.45, 2.75) is 50.3 Å². The molecule has 3 N–H and O–H groups in total. The summed E-state index contributed by atoms with van der Waals surface area (Å²) in [6, 6.07) is 0. The molecule has 1 amide bonds. The van der Waals surface area contributed by atoms with E-state index >= 15 is 0 Å². The Balaban J connectivity index is 2.76. The molecular weight excluding hydrogens is 240 g/mol.